The predicted octanol–water partition coefficient (Wildman–Crippen LogP) is 5.97. The molecule has 1 fully saturated rings. The van der Waals surface area contributed by atoms with Crippen LogP contribution in [-0.2, 0) is 27.1 Å². The quantitative estimate of drug-likeness (QED) is 0.404. The monoisotopic (exact) mass is 464 g/mol. The van der Waals surface area contributed by atoms with Crippen LogP contribution in [0.2, 0.25) is 0 Å². The summed E-state index contributed by atoms with van der Waals surface area (Å²) < 4.78 is 72.5. The molecule has 1 saturated heterocycles. The van der Waals surface area contributed by atoms with Crippen LogP contribution in [0.4, 0.5) is 17.6 Å². The average Bonchev–Trinajstić information content (AvgIpc) is 2.79. The molecule has 0 bridgehead atoms. The first-order chi connectivity index (χ1) is 15.8. The zero-order valence-electron chi connectivity index (χ0n) is 18.0. The molecule has 0 aromatic heterocycles. The first kappa shape index (κ1) is 23.5. The Morgan fingerprint density at radius 1 is 0.939 bits per heavy atom. The third kappa shape index (κ3) is 6.01. The molecule has 0 aliphatic carbocycles. The maximum absolute atomic E-state index is 15.1. The minimum absolute atomic E-state index is 0.195. The number of hydrogen-bond donors (Lipinski definition) is 0. The van der Waals surface area contributed by atoms with Gasteiger partial charge in [-0.3, -0.25) is 0 Å². The summed E-state index contributed by atoms with van der Waals surface area (Å²) in [7, 11) is 1.64. The van der Waals surface area contributed by atoms with Crippen LogP contribution < -0.4 is 4.74 Å². The fraction of sp³-hybridized carbons (Fsp3) is 0.360. The van der Waals surface area contributed by atoms with Crippen LogP contribution in [0.5, 0.6) is 5.75 Å². The van der Waals surface area contributed by atoms with Crippen molar-refractivity contribution in [2.24, 2.45) is 5.92 Å². The van der Waals surface area contributed by atoms with Gasteiger partial charge in [0.2, 0.25) is 0 Å². The number of benzene rings is 3. The normalized spacial score (nSPS) is 19.1. The Bertz CT molecular complexity index is 1070. The van der Waals surface area contributed by atoms with Crippen molar-refractivity contribution in [1.82, 2.24) is 0 Å². The second-order valence-corrected chi connectivity index (χ2v) is 8.03. The van der Waals surface area contributed by atoms with Crippen molar-refractivity contribution in [2.45, 2.75) is 25.5 Å². The number of halogens is 4. The van der Waals surface area contributed by atoms with E-state index in [0.717, 1.165) is 16.5 Å². The second kappa shape index (κ2) is 10.1. The van der Waals surface area contributed by atoms with E-state index in [4.69, 9.17) is 14.2 Å². The van der Waals surface area contributed by atoms with Gasteiger partial charge in [0.05, 0.1) is 19.8 Å². The maximum Gasteiger partial charge on any atom is 0.573 e. The Labute approximate surface area is 189 Å². The van der Waals surface area contributed by atoms with Crippen molar-refractivity contribution in [3.63, 3.8) is 0 Å². The summed E-state index contributed by atoms with van der Waals surface area (Å²) in [5.74, 6) is -0.388. The third-order valence-corrected chi connectivity index (χ3v) is 5.54. The van der Waals surface area contributed by atoms with E-state index < -0.39 is 12.7 Å². The highest BCUT2D eigenvalue weighted by atomic mass is 19.4. The van der Waals surface area contributed by atoms with Crippen LogP contribution in [0, 0.1) is 11.7 Å². The average molecular weight is 464 g/mol. The van der Waals surface area contributed by atoms with Gasteiger partial charge in [0, 0.05) is 24.0 Å². The van der Waals surface area contributed by atoms with Gasteiger partial charge in [-0.25, -0.2) is 4.39 Å². The molecular formula is C25H24F4O4. The number of hydrogen-bond acceptors (Lipinski definition) is 4. The van der Waals surface area contributed by atoms with Gasteiger partial charge < -0.3 is 18.9 Å². The summed E-state index contributed by atoms with van der Waals surface area (Å²) in [4.78, 5) is 0. The summed E-state index contributed by atoms with van der Waals surface area (Å²) in [6.07, 6.45) is -4.32. The van der Waals surface area contributed by atoms with Crippen LogP contribution in [-0.4, -0.2) is 33.3 Å². The smallest absolute Gasteiger partial charge is 0.406 e. The Morgan fingerprint density at radius 2 is 1.67 bits per heavy atom. The van der Waals surface area contributed by atoms with Gasteiger partial charge in [0.25, 0.3) is 0 Å². The van der Waals surface area contributed by atoms with E-state index in [1.54, 1.807) is 37.4 Å². The Kier molecular flexibility index (Phi) is 7.17. The molecule has 3 aromatic carbocycles. The topological polar surface area (TPSA) is 36.9 Å². The van der Waals surface area contributed by atoms with Crippen LogP contribution in [0.1, 0.15) is 23.0 Å². The lowest BCUT2D eigenvalue weighted by Crippen LogP contribution is -2.29. The molecule has 8 heteroatoms. The molecule has 1 aliphatic rings. The summed E-state index contributed by atoms with van der Waals surface area (Å²) >= 11 is 0. The van der Waals surface area contributed by atoms with Gasteiger partial charge in [-0.15, -0.1) is 13.2 Å². The summed E-state index contributed by atoms with van der Waals surface area (Å²) in [5, 5.41) is 1.24. The summed E-state index contributed by atoms with van der Waals surface area (Å²) in [6.45, 7) is 1.64. The molecule has 4 nitrogen and oxygen atoms in total. The van der Waals surface area contributed by atoms with Gasteiger partial charge in [-0.1, -0.05) is 36.4 Å². The fourth-order valence-electron chi connectivity index (χ4n) is 3.90. The zero-order valence-corrected chi connectivity index (χ0v) is 18.0. The van der Waals surface area contributed by atoms with Crippen molar-refractivity contribution < 1.29 is 36.5 Å². The van der Waals surface area contributed by atoms with Crippen molar-refractivity contribution >= 4 is 10.8 Å². The van der Waals surface area contributed by atoms with E-state index in [2.05, 4.69) is 4.74 Å². The molecule has 0 spiro atoms. The number of ether oxygens (including phenoxy) is 4. The van der Waals surface area contributed by atoms with E-state index >= 15 is 4.39 Å². The lowest BCUT2D eigenvalue weighted by atomic mass is 9.99. The van der Waals surface area contributed by atoms with Crippen LogP contribution in [0.15, 0.2) is 54.6 Å². The highest BCUT2D eigenvalue weighted by Gasteiger charge is 2.31. The first-order valence-corrected chi connectivity index (χ1v) is 10.6. The summed E-state index contributed by atoms with van der Waals surface area (Å²) in [6, 6.07) is 14.6. The van der Waals surface area contributed by atoms with Crippen molar-refractivity contribution in [3.8, 4) is 5.75 Å². The minimum atomic E-state index is -4.72. The molecule has 1 aliphatic heterocycles. The molecule has 3 aromatic rings. The zero-order chi connectivity index (χ0) is 23.4. The largest absolute Gasteiger partial charge is 0.573 e. The predicted molar refractivity (Wildman–Crippen MR) is 114 cm³/mol. The first-order valence-electron chi connectivity index (χ1n) is 10.6. The molecule has 33 heavy (non-hydrogen) atoms. The van der Waals surface area contributed by atoms with Crippen LogP contribution in [0.25, 0.3) is 10.8 Å². The van der Waals surface area contributed by atoms with E-state index in [0.29, 0.717) is 43.6 Å². The lowest BCUT2D eigenvalue weighted by Gasteiger charge is -2.29. The maximum atomic E-state index is 15.1. The lowest BCUT2D eigenvalue weighted by molar-refractivity contribution is -0.274. The SMILES string of the molecule is COCC1COC(c2ccc3c(F)c(CCc4ccc(OC(F)(F)F)cc4)ccc3c2)OC1. The molecule has 0 unspecified atom stereocenters. The van der Waals surface area contributed by atoms with Crippen molar-refractivity contribution in [1.29, 1.82) is 0 Å². The number of fused-ring (bicyclic) bond motifs is 1. The molecule has 0 amide bonds. The third-order valence-electron chi connectivity index (χ3n) is 5.54. The Morgan fingerprint density at radius 3 is 2.33 bits per heavy atom. The molecule has 4 rings (SSSR count). The molecule has 0 N–H and O–H groups in total. The van der Waals surface area contributed by atoms with Crippen LogP contribution in [0.3, 0.4) is 0 Å². The van der Waals surface area contributed by atoms with Crippen molar-refractivity contribution in [2.75, 3.05) is 26.9 Å². The summed E-state index contributed by atoms with van der Waals surface area (Å²) in [5.41, 5.74) is 2.16. The van der Waals surface area contributed by atoms with E-state index in [1.807, 2.05) is 12.1 Å². The molecule has 0 atom stereocenters. The highest BCUT2D eigenvalue weighted by Crippen LogP contribution is 2.30. The molecule has 0 radical (unpaired) electrons. The minimum Gasteiger partial charge on any atom is -0.406 e. The highest BCUT2D eigenvalue weighted by molar-refractivity contribution is 5.84. The van der Waals surface area contributed by atoms with Gasteiger partial charge in [0.1, 0.15) is 11.6 Å². The Hall–Kier alpha value is -2.68. The molecular weight excluding hydrogens is 440 g/mol. The number of rotatable bonds is 7. The van der Waals surface area contributed by atoms with Gasteiger partial charge in [0.15, 0.2) is 6.29 Å². The standard InChI is InChI=1S/C25H24F4O4/c1-30-13-17-14-31-24(32-15-17)20-8-11-22-19(12-20)7-6-18(23(22)26)5-2-16-3-9-21(10-4-16)33-25(27,28)29/h3-4,6-12,17,24H,2,5,13-15H2,1H3. The Balaban J connectivity index is 1.41. The number of aryl methyl sites for hydroxylation is 2. The second-order valence-electron chi connectivity index (χ2n) is 8.03. The van der Waals surface area contributed by atoms with Gasteiger partial charge in [-0.05, 0) is 47.6 Å². The number of alkyl halides is 3. The van der Waals surface area contributed by atoms with Crippen LogP contribution >= 0.6 is 0 Å². The molecule has 0 saturated carbocycles. The number of methoxy groups -OCH3 is 1. The molecule has 1 heterocycles. The van der Waals surface area contributed by atoms with E-state index in [-0.39, 0.29) is 17.5 Å². The van der Waals surface area contributed by atoms with Crippen molar-refractivity contribution in [3.05, 3.63) is 77.1 Å². The fourth-order valence-corrected chi connectivity index (χ4v) is 3.90. The van der Waals surface area contributed by atoms with E-state index in [9.17, 15) is 13.2 Å². The van der Waals surface area contributed by atoms with Gasteiger partial charge >= 0.3 is 6.36 Å². The van der Waals surface area contributed by atoms with E-state index in [1.165, 1.54) is 12.1 Å². The van der Waals surface area contributed by atoms with Gasteiger partial charge in [-0.2, -0.15) is 0 Å². The molecule has 176 valence electrons.